The number of amides is 2. The molecule has 9 heteroatoms. The van der Waals surface area contributed by atoms with Crippen LogP contribution in [0.4, 0.5) is 10.1 Å². The standard InChI is InChI=1S/C21H26FN3O4S/c1-15-7-5-8-17(11-15)13-24(16(2)21(27)23-3)20(26)14-25(30(4,28)29)19-10-6-9-18(22)12-19/h5-12,16H,13-14H2,1-4H3,(H,23,27). The SMILES string of the molecule is CNC(=O)C(C)N(Cc1cccc(C)c1)C(=O)CN(c1cccc(F)c1)S(C)(=O)=O. The highest BCUT2D eigenvalue weighted by Crippen LogP contribution is 2.20. The van der Waals surface area contributed by atoms with Gasteiger partial charge in [0.25, 0.3) is 0 Å². The summed E-state index contributed by atoms with van der Waals surface area (Å²) in [6.45, 7) is 3.04. The van der Waals surface area contributed by atoms with Gasteiger partial charge in [0.05, 0.1) is 11.9 Å². The highest BCUT2D eigenvalue weighted by atomic mass is 32.2. The van der Waals surface area contributed by atoms with Crippen LogP contribution in [-0.2, 0) is 26.2 Å². The van der Waals surface area contributed by atoms with Crippen LogP contribution in [0.5, 0.6) is 0 Å². The Kier molecular flexibility index (Phi) is 7.55. The van der Waals surface area contributed by atoms with Gasteiger partial charge in [-0.3, -0.25) is 13.9 Å². The topological polar surface area (TPSA) is 86.8 Å². The first-order chi connectivity index (χ1) is 14.0. The maximum Gasteiger partial charge on any atom is 0.244 e. The first kappa shape index (κ1) is 23.3. The molecule has 30 heavy (non-hydrogen) atoms. The van der Waals surface area contributed by atoms with Crippen molar-refractivity contribution < 1.29 is 22.4 Å². The maximum absolute atomic E-state index is 13.6. The van der Waals surface area contributed by atoms with Gasteiger partial charge in [0.15, 0.2) is 0 Å². The van der Waals surface area contributed by atoms with E-state index in [9.17, 15) is 22.4 Å². The Morgan fingerprint density at radius 3 is 2.37 bits per heavy atom. The van der Waals surface area contributed by atoms with Crippen molar-refractivity contribution in [3.05, 3.63) is 65.5 Å². The summed E-state index contributed by atoms with van der Waals surface area (Å²) in [5.74, 6) is -1.58. The van der Waals surface area contributed by atoms with E-state index in [1.54, 1.807) is 6.92 Å². The fraction of sp³-hybridized carbons (Fsp3) is 0.333. The van der Waals surface area contributed by atoms with Gasteiger partial charge in [-0.15, -0.1) is 0 Å². The molecule has 0 fully saturated rings. The quantitative estimate of drug-likeness (QED) is 0.688. The number of halogens is 1. The summed E-state index contributed by atoms with van der Waals surface area (Å²) in [6, 6.07) is 11.6. The Morgan fingerprint density at radius 2 is 1.80 bits per heavy atom. The third-order valence-electron chi connectivity index (χ3n) is 4.62. The summed E-state index contributed by atoms with van der Waals surface area (Å²) in [5, 5.41) is 2.51. The monoisotopic (exact) mass is 435 g/mol. The molecule has 0 spiro atoms. The molecule has 0 aromatic heterocycles. The van der Waals surface area contributed by atoms with Gasteiger partial charge in [-0.25, -0.2) is 12.8 Å². The van der Waals surface area contributed by atoms with Crippen molar-refractivity contribution in [1.29, 1.82) is 0 Å². The highest BCUT2D eigenvalue weighted by molar-refractivity contribution is 7.92. The number of likely N-dealkylation sites (N-methyl/N-ethyl adjacent to an activating group) is 1. The number of nitrogens with one attached hydrogen (secondary N) is 1. The van der Waals surface area contributed by atoms with Crippen LogP contribution in [0, 0.1) is 12.7 Å². The van der Waals surface area contributed by atoms with E-state index in [0.717, 1.165) is 27.8 Å². The van der Waals surface area contributed by atoms with Gasteiger partial charge >= 0.3 is 0 Å². The Balaban J connectivity index is 2.38. The van der Waals surface area contributed by atoms with Crippen molar-refractivity contribution in [2.45, 2.75) is 26.4 Å². The van der Waals surface area contributed by atoms with Crippen LogP contribution in [0.15, 0.2) is 48.5 Å². The van der Waals surface area contributed by atoms with Crippen LogP contribution in [0.25, 0.3) is 0 Å². The van der Waals surface area contributed by atoms with Crippen molar-refractivity contribution in [1.82, 2.24) is 10.2 Å². The number of benzene rings is 2. The first-order valence-electron chi connectivity index (χ1n) is 9.33. The second-order valence-corrected chi connectivity index (χ2v) is 8.96. The number of sulfonamides is 1. The molecule has 0 saturated heterocycles. The van der Waals surface area contributed by atoms with Gasteiger partial charge in [-0.05, 0) is 37.6 Å². The Hall–Kier alpha value is -2.94. The van der Waals surface area contributed by atoms with Crippen LogP contribution in [-0.4, -0.2) is 51.0 Å². The zero-order chi connectivity index (χ0) is 22.5. The number of hydrogen-bond acceptors (Lipinski definition) is 4. The summed E-state index contributed by atoms with van der Waals surface area (Å²) in [5.41, 5.74) is 1.83. The van der Waals surface area contributed by atoms with Crippen LogP contribution in [0.3, 0.4) is 0 Å². The van der Waals surface area contributed by atoms with Crippen molar-refractivity contribution in [2.75, 3.05) is 24.2 Å². The Bertz CT molecular complexity index is 1030. The maximum atomic E-state index is 13.6. The fourth-order valence-corrected chi connectivity index (χ4v) is 3.89. The van der Waals surface area contributed by atoms with Gasteiger partial charge in [-0.2, -0.15) is 0 Å². The van der Waals surface area contributed by atoms with Gasteiger partial charge in [-0.1, -0.05) is 35.9 Å². The summed E-state index contributed by atoms with van der Waals surface area (Å²) in [4.78, 5) is 26.7. The Morgan fingerprint density at radius 1 is 1.13 bits per heavy atom. The predicted molar refractivity (Wildman–Crippen MR) is 114 cm³/mol. The number of rotatable bonds is 8. The lowest BCUT2D eigenvalue weighted by atomic mass is 10.1. The molecular formula is C21H26FN3O4S. The van der Waals surface area contributed by atoms with E-state index in [1.807, 2.05) is 31.2 Å². The van der Waals surface area contributed by atoms with E-state index >= 15 is 0 Å². The molecule has 0 heterocycles. The molecule has 0 aliphatic carbocycles. The van der Waals surface area contributed by atoms with E-state index in [4.69, 9.17) is 0 Å². The van der Waals surface area contributed by atoms with Crippen molar-refractivity contribution >= 4 is 27.5 Å². The van der Waals surface area contributed by atoms with E-state index < -0.39 is 34.3 Å². The molecule has 0 radical (unpaired) electrons. The largest absolute Gasteiger partial charge is 0.357 e. The van der Waals surface area contributed by atoms with Gasteiger partial charge in [0.1, 0.15) is 18.4 Å². The zero-order valence-corrected chi connectivity index (χ0v) is 18.2. The molecule has 0 bridgehead atoms. The molecule has 0 aliphatic rings. The van der Waals surface area contributed by atoms with E-state index in [-0.39, 0.29) is 18.1 Å². The number of anilines is 1. The molecule has 7 nitrogen and oxygen atoms in total. The molecule has 2 amide bonds. The Labute approximate surface area is 176 Å². The lowest BCUT2D eigenvalue weighted by molar-refractivity contribution is -0.139. The average molecular weight is 436 g/mol. The number of aryl methyl sites for hydroxylation is 1. The first-order valence-corrected chi connectivity index (χ1v) is 11.2. The van der Waals surface area contributed by atoms with E-state index in [2.05, 4.69) is 5.32 Å². The molecule has 2 rings (SSSR count). The minimum Gasteiger partial charge on any atom is -0.357 e. The summed E-state index contributed by atoms with van der Waals surface area (Å²) in [6.07, 6.45) is 0.943. The predicted octanol–water partition coefficient (Wildman–Crippen LogP) is 2.06. The minimum atomic E-state index is -3.88. The van der Waals surface area contributed by atoms with Crippen LogP contribution < -0.4 is 9.62 Å². The molecule has 1 unspecified atom stereocenters. The molecule has 1 N–H and O–H groups in total. The fourth-order valence-electron chi connectivity index (χ4n) is 3.04. The van der Waals surface area contributed by atoms with Crippen molar-refractivity contribution in [3.63, 3.8) is 0 Å². The second kappa shape index (κ2) is 9.71. The number of carbonyl (C=O) groups is 2. The average Bonchev–Trinajstić information content (AvgIpc) is 2.68. The molecule has 0 saturated carbocycles. The van der Waals surface area contributed by atoms with Gasteiger partial charge < -0.3 is 10.2 Å². The molecule has 2 aromatic rings. The normalized spacial score (nSPS) is 12.2. The molecule has 1 atom stereocenters. The second-order valence-electron chi connectivity index (χ2n) is 7.05. The number of hydrogen-bond donors (Lipinski definition) is 1. The van der Waals surface area contributed by atoms with Crippen molar-refractivity contribution in [2.24, 2.45) is 0 Å². The molecule has 2 aromatic carbocycles. The third kappa shape index (κ3) is 6.03. The highest BCUT2D eigenvalue weighted by Gasteiger charge is 2.29. The lowest BCUT2D eigenvalue weighted by Gasteiger charge is -2.31. The molecule has 162 valence electrons. The third-order valence-corrected chi connectivity index (χ3v) is 5.77. The molecular weight excluding hydrogens is 409 g/mol. The van der Waals surface area contributed by atoms with E-state index in [0.29, 0.717) is 0 Å². The number of nitrogens with zero attached hydrogens (tertiary/aromatic N) is 2. The lowest BCUT2D eigenvalue weighted by Crippen LogP contribution is -2.50. The van der Waals surface area contributed by atoms with Crippen LogP contribution >= 0.6 is 0 Å². The smallest absolute Gasteiger partial charge is 0.244 e. The number of carbonyl (C=O) groups excluding carboxylic acids is 2. The van der Waals surface area contributed by atoms with E-state index in [1.165, 1.54) is 30.1 Å². The summed E-state index contributed by atoms with van der Waals surface area (Å²) in [7, 11) is -2.41. The van der Waals surface area contributed by atoms with Crippen molar-refractivity contribution in [3.8, 4) is 0 Å². The molecule has 0 aliphatic heterocycles. The van der Waals surface area contributed by atoms with Crippen LogP contribution in [0.2, 0.25) is 0 Å². The minimum absolute atomic E-state index is 0.0361. The zero-order valence-electron chi connectivity index (χ0n) is 17.4. The summed E-state index contributed by atoms with van der Waals surface area (Å²) >= 11 is 0. The van der Waals surface area contributed by atoms with Gasteiger partial charge in [0, 0.05) is 13.6 Å². The van der Waals surface area contributed by atoms with Crippen LogP contribution in [0.1, 0.15) is 18.1 Å². The van der Waals surface area contributed by atoms with Gasteiger partial charge in [0.2, 0.25) is 21.8 Å². The summed E-state index contributed by atoms with van der Waals surface area (Å²) < 4.78 is 39.1.